The number of piperidine rings is 1. The molecule has 0 atom stereocenters. The molecule has 0 saturated carbocycles. The molecule has 17 heavy (non-hydrogen) atoms. The van der Waals surface area contributed by atoms with Crippen molar-refractivity contribution in [2.45, 2.75) is 26.3 Å². The first-order valence-electron chi connectivity index (χ1n) is 6.12. The summed E-state index contributed by atoms with van der Waals surface area (Å²) in [5.41, 5.74) is 8.21. The van der Waals surface area contributed by atoms with Gasteiger partial charge in [0.05, 0.1) is 0 Å². The predicted octanol–water partition coefficient (Wildman–Crippen LogP) is 1.98. The standard InChI is InChI=1S/C13H21N3.ClH/c1-11-13(3-2-6-15-11)10-16-7-4-12(9-14)5-8-16;/h2-3,6,12H,4-5,7-10,14H2,1H3;1H. The van der Waals surface area contributed by atoms with E-state index in [1.807, 2.05) is 12.3 Å². The summed E-state index contributed by atoms with van der Waals surface area (Å²) < 4.78 is 0. The highest BCUT2D eigenvalue weighted by molar-refractivity contribution is 5.85. The number of hydrogen-bond acceptors (Lipinski definition) is 3. The van der Waals surface area contributed by atoms with Crippen molar-refractivity contribution < 1.29 is 0 Å². The molecule has 0 radical (unpaired) electrons. The normalized spacial score (nSPS) is 17.8. The highest BCUT2D eigenvalue weighted by Gasteiger charge is 2.18. The number of pyridine rings is 1. The number of aryl methyl sites for hydroxylation is 1. The first-order valence-corrected chi connectivity index (χ1v) is 6.12. The Labute approximate surface area is 110 Å². The van der Waals surface area contributed by atoms with E-state index in [4.69, 9.17) is 5.73 Å². The fraction of sp³-hybridized carbons (Fsp3) is 0.615. The van der Waals surface area contributed by atoms with Gasteiger partial charge in [-0.1, -0.05) is 6.07 Å². The van der Waals surface area contributed by atoms with Gasteiger partial charge in [-0.15, -0.1) is 12.4 Å². The lowest BCUT2D eigenvalue weighted by molar-refractivity contribution is 0.180. The minimum Gasteiger partial charge on any atom is -0.330 e. The predicted molar refractivity (Wildman–Crippen MR) is 73.3 cm³/mol. The van der Waals surface area contributed by atoms with Gasteiger partial charge in [-0.05, 0) is 56.9 Å². The van der Waals surface area contributed by atoms with Crippen molar-refractivity contribution >= 4 is 12.4 Å². The summed E-state index contributed by atoms with van der Waals surface area (Å²) in [4.78, 5) is 6.84. The van der Waals surface area contributed by atoms with Gasteiger partial charge in [-0.2, -0.15) is 0 Å². The highest BCUT2D eigenvalue weighted by Crippen LogP contribution is 2.18. The minimum absolute atomic E-state index is 0. The lowest BCUT2D eigenvalue weighted by Gasteiger charge is -2.31. The summed E-state index contributed by atoms with van der Waals surface area (Å²) in [7, 11) is 0. The zero-order valence-corrected chi connectivity index (χ0v) is 11.2. The lowest BCUT2D eigenvalue weighted by atomic mass is 9.97. The van der Waals surface area contributed by atoms with Crippen LogP contribution >= 0.6 is 12.4 Å². The Morgan fingerprint density at radius 2 is 2.12 bits per heavy atom. The Kier molecular flexibility index (Phi) is 5.89. The average molecular weight is 256 g/mol. The van der Waals surface area contributed by atoms with Gasteiger partial charge in [-0.25, -0.2) is 0 Å². The molecule has 2 heterocycles. The molecule has 0 amide bonds. The van der Waals surface area contributed by atoms with Crippen LogP contribution in [0.4, 0.5) is 0 Å². The summed E-state index contributed by atoms with van der Waals surface area (Å²) in [5.74, 6) is 0.742. The van der Waals surface area contributed by atoms with E-state index in [2.05, 4.69) is 22.9 Å². The number of likely N-dealkylation sites (tertiary alicyclic amines) is 1. The number of aromatic nitrogens is 1. The molecular weight excluding hydrogens is 234 g/mol. The van der Waals surface area contributed by atoms with Crippen LogP contribution in [0.2, 0.25) is 0 Å². The van der Waals surface area contributed by atoms with E-state index in [1.54, 1.807) is 0 Å². The van der Waals surface area contributed by atoms with Crippen LogP contribution in [0.5, 0.6) is 0 Å². The molecule has 1 aliphatic heterocycles. The third kappa shape index (κ3) is 3.95. The van der Waals surface area contributed by atoms with Crippen LogP contribution in [-0.2, 0) is 6.54 Å². The van der Waals surface area contributed by atoms with Crippen molar-refractivity contribution in [1.29, 1.82) is 0 Å². The van der Waals surface area contributed by atoms with Gasteiger partial charge < -0.3 is 5.73 Å². The molecule has 1 aromatic heterocycles. The molecular formula is C13H22ClN3. The number of rotatable bonds is 3. The molecule has 2 rings (SSSR count). The van der Waals surface area contributed by atoms with Crippen molar-refractivity contribution in [3.05, 3.63) is 29.6 Å². The van der Waals surface area contributed by atoms with Gasteiger partial charge in [0.2, 0.25) is 0 Å². The second-order valence-electron chi connectivity index (χ2n) is 4.70. The third-order valence-electron chi connectivity index (χ3n) is 3.55. The van der Waals surface area contributed by atoms with E-state index in [9.17, 15) is 0 Å². The quantitative estimate of drug-likeness (QED) is 0.898. The number of halogens is 1. The molecule has 1 saturated heterocycles. The molecule has 3 nitrogen and oxygen atoms in total. The van der Waals surface area contributed by atoms with Crippen molar-refractivity contribution in [2.75, 3.05) is 19.6 Å². The summed E-state index contributed by atoms with van der Waals surface area (Å²) >= 11 is 0. The third-order valence-corrected chi connectivity index (χ3v) is 3.55. The molecule has 4 heteroatoms. The zero-order chi connectivity index (χ0) is 11.4. The van der Waals surface area contributed by atoms with Crippen molar-refractivity contribution in [3.8, 4) is 0 Å². The maximum Gasteiger partial charge on any atom is 0.0417 e. The van der Waals surface area contributed by atoms with Crippen LogP contribution in [0.3, 0.4) is 0 Å². The van der Waals surface area contributed by atoms with Crippen LogP contribution < -0.4 is 5.73 Å². The van der Waals surface area contributed by atoms with E-state index in [0.29, 0.717) is 0 Å². The molecule has 2 N–H and O–H groups in total. The maximum atomic E-state index is 5.70. The molecule has 1 aliphatic rings. The average Bonchev–Trinajstić information content (AvgIpc) is 2.33. The van der Waals surface area contributed by atoms with Crippen LogP contribution in [-0.4, -0.2) is 29.5 Å². The zero-order valence-electron chi connectivity index (χ0n) is 10.4. The monoisotopic (exact) mass is 255 g/mol. The Morgan fingerprint density at radius 1 is 1.41 bits per heavy atom. The molecule has 1 aromatic rings. The number of nitrogens with two attached hydrogens (primary N) is 1. The molecule has 0 spiro atoms. The Balaban J connectivity index is 0.00000144. The van der Waals surface area contributed by atoms with Gasteiger partial charge in [0, 0.05) is 18.4 Å². The fourth-order valence-corrected chi connectivity index (χ4v) is 2.31. The fourth-order valence-electron chi connectivity index (χ4n) is 2.31. The van der Waals surface area contributed by atoms with Crippen LogP contribution in [0.1, 0.15) is 24.1 Å². The molecule has 0 unspecified atom stereocenters. The summed E-state index contributed by atoms with van der Waals surface area (Å²) in [6.07, 6.45) is 4.35. The number of nitrogens with zero attached hydrogens (tertiary/aromatic N) is 2. The molecule has 0 bridgehead atoms. The van der Waals surface area contributed by atoms with Crippen molar-refractivity contribution in [1.82, 2.24) is 9.88 Å². The lowest BCUT2D eigenvalue weighted by Crippen LogP contribution is -2.35. The van der Waals surface area contributed by atoms with E-state index >= 15 is 0 Å². The Bertz CT molecular complexity index is 335. The maximum absolute atomic E-state index is 5.70. The van der Waals surface area contributed by atoms with Crippen LogP contribution in [0.15, 0.2) is 18.3 Å². The highest BCUT2D eigenvalue weighted by atomic mass is 35.5. The SMILES string of the molecule is Cc1ncccc1CN1CCC(CN)CC1.Cl. The minimum atomic E-state index is 0. The Hall–Kier alpha value is -0.640. The van der Waals surface area contributed by atoms with Crippen molar-refractivity contribution in [3.63, 3.8) is 0 Å². The summed E-state index contributed by atoms with van der Waals surface area (Å²) in [5, 5.41) is 0. The smallest absolute Gasteiger partial charge is 0.0417 e. The second kappa shape index (κ2) is 6.94. The van der Waals surface area contributed by atoms with E-state index in [1.165, 1.54) is 31.5 Å². The second-order valence-corrected chi connectivity index (χ2v) is 4.70. The topological polar surface area (TPSA) is 42.2 Å². The van der Waals surface area contributed by atoms with Crippen LogP contribution in [0, 0.1) is 12.8 Å². The van der Waals surface area contributed by atoms with Crippen LogP contribution in [0.25, 0.3) is 0 Å². The largest absolute Gasteiger partial charge is 0.330 e. The van der Waals surface area contributed by atoms with Gasteiger partial charge in [0.1, 0.15) is 0 Å². The molecule has 1 fully saturated rings. The van der Waals surface area contributed by atoms with Gasteiger partial charge in [-0.3, -0.25) is 9.88 Å². The molecule has 0 aromatic carbocycles. The van der Waals surface area contributed by atoms with Crippen molar-refractivity contribution in [2.24, 2.45) is 11.7 Å². The first-order chi connectivity index (χ1) is 7.79. The summed E-state index contributed by atoms with van der Waals surface area (Å²) in [6, 6.07) is 4.20. The van der Waals surface area contributed by atoms with E-state index in [0.717, 1.165) is 24.7 Å². The molecule has 96 valence electrons. The van der Waals surface area contributed by atoms with Gasteiger partial charge in [0.25, 0.3) is 0 Å². The Morgan fingerprint density at radius 3 is 2.71 bits per heavy atom. The van der Waals surface area contributed by atoms with E-state index in [-0.39, 0.29) is 12.4 Å². The van der Waals surface area contributed by atoms with E-state index < -0.39 is 0 Å². The molecule has 0 aliphatic carbocycles. The summed E-state index contributed by atoms with van der Waals surface area (Å²) in [6.45, 7) is 6.32. The van der Waals surface area contributed by atoms with Gasteiger partial charge >= 0.3 is 0 Å². The number of hydrogen-bond donors (Lipinski definition) is 1. The van der Waals surface area contributed by atoms with Gasteiger partial charge in [0.15, 0.2) is 0 Å². The first kappa shape index (κ1) is 14.4.